The van der Waals surface area contributed by atoms with Crippen LogP contribution in [0.1, 0.15) is 46.9 Å². The molecule has 2 amide bonds. The standard InChI is InChI=1S/C30H35FN4O2/c1-3-34(4-2)30(37)24-13-11-23(12-14-24)29(35-17-15-32-16-18-35)25-8-6-10-27(21-25)33-28(36)20-22-7-5-9-26(31)19-22/h5-14,19,21,29,32H,3-4,15-18,20H2,1-2H3,(H,33,36)/t29-/m1/s1. The fourth-order valence-electron chi connectivity index (χ4n) is 4.88. The predicted octanol–water partition coefficient (Wildman–Crippen LogP) is 4.48. The molecule has 0 spiro atoms. The Hall–Kier alpha value is -3.55. The molecule has 194 valence electrons. The number of nitrogens with one attached hydrogen (secondary N) is 2. The highest BCUT2D eigenvalue weighted by atomic mass is 19.1. The smallest absolute Gasteiger partial charge is 0.253 e. The van der Waals surface area contributed by atoms with Crippen molar-refractivity contribution in [3.05, 3.63) is 101 Å². The zero-order valence-electron chi connectivity index (χ0n) is 21.5. The van der Waals surface area contributed by atoms with E-state index in [4.69, 9.17) is 0 Å². The van der Waals surface area contributed by atoms with Crippen molar-refractivity contribution in [1.82, 2.24) is 15.1 Å². The van der Waals surface area contributed by atoms with Crippen LogP contribution in [0.25, 0.3) is 0 Å². The lowest BCUT2D eigenvalue weighted by Gasteiger charge is -2.36. The van der Waals surface area contributed by atoms with Crippen molar-refractivity contribution in [2.45, 2.75) is 26.3 Å². The molecule has 0 radical (unpaired) electrons. The maximum absolute atomic E-state index is 13.5. The molecule has 1 aliphatic rings. The predicted molar refractivity (Wildman–Crippen MR) is 145 cm³/mol. The lowest BCUT2D eigenvalue weighted by atomic mass is 9.95. The Bertz CT molecular complexity index is 1200. The minimum Gasteiger partial charge on any atom is -0.339 e. The molecular formula is C30H35FN4O2. The van der Waals surface area contributed by atoms with E-state index in [2.05, 4.69) is 21.6 Å². The van der Waals surface area contributed by atoms with Gasteiger partial charge >= 0.3 is 0 Å². The Labute approximate surface area is 218 Å². The van der Waals surface area contributed by atoms with Gasteiger partial charge in [0.2, 0.25) is 5.91 Å². The normalized spacial score (nSPS) is 14.7. The minimum atomic E-state index is -0.351. The van der Waals surface area contributed by atoms with Crippen LogP contribution in [0.4, 0.5) is 10.1 Å². The van der Waals surface area contributed by atoms with Crippen LogP contribution < -0.4 is 10.6 Å². The van der Waals surface area contributed by atoms with Gasteiger partial charge in [0.1, 0.15) is 5.82 Å². The van der Waals surface area contributed by atoms with Gasteiger partial charge in [-0.1, -0.05) is 36.4 Å². The number of hydrogen-bond acceptors (Lipinski definition) is 4. The van der Waals surface area contributed by atoms with Crippen molar-refractivity contribution >= 4 is 17.5 Å². The quantitative estimate of drug-likeness (QED) is 0.453. The van der Waals surface area contributed by atoms with Crippen molar-refractivity contribution in [1.29, 1.82) is 0 Å². The van der Waals surface area contributed by atoms with Crippen LogP contribution >= 0.6 is 0 Å². The number of benzene rings is 3. The molecule has 6 nitrogen and oxygen atoms in total. The summed E-state index contributed by atoms with van der Waals surface area (Å²) in [6.45, 7) is 8.91. The molecule has 4 rings (SSSR count). The van der Waals surface area contributed by atoms with Crippen molar-refractivity contribution in [2.75, 3.05) is 44.6 Å². The molecule has 1 saturated heterocycles. The molecule has 0 aromatic heterocycles. The summed E-state index contributed by atoms with van der Waals surface area (Å²) in [5, 5.41) is 6.38. The molecule has 1 fully saturated rings. The molecule has 0 aliphatic carbocycles. The van der Waals surface area contributed by atoms with Crippen LogP contribution in [0.15, 0.2) is 72.8 Å². The molecule has 3 aromatic rings. The Morgan fingerprint density at radius 1 is 0.946 bits per heavy atom. The highest BCUT2D eigenvalue weighted by Crippen LogP contribution is 2.31. The lowest BCUT2D eigenvalue weighted by molar-refractivity contribution is -0.115. The van der Waals surface area contributed by atoms with E-state index in [1.54, 1.807) is 12.1 Å². The molecule has 7 heteroatoms. The van der Waals surface area contributed by atoms with Gasteiger partial charge in [-0.05, 0) is 66.9 Å². The van der Waals surface area contributed by atoms with Crippen LogP contribution in [0, 0.1) is 5.82 Å². The van der Waals surface area contributed by atoms with Gasteiger partial charge in [0.05, 0.1) is 12.5 Å². The summed E-state index contributed by atoms with van der Waals surface area (Å²) in [6.07, 6.45) is 0.102. The number of anilines is 1. The zero-order chi connectivity index (χ0) is 26.2. The summed E-state index contributed by atoms with van der Waals surface area (Å²) in [7, 11) is 0. The number of carbonyl (C=O) groups is 2. The first-order valence-corrected chi connectivity index (χ1v) is 13.0. The minimum absolute atomic E-state index is 0.0141. The van der Waals surface area contributed by atoms with Gasteiger partial charge in [0.25, 0.3) is 5.91 Å². The SMILES string of the molecule is CCN(CC)C(=O)c1ccc([C@H](c2cccc(NC(=O)Cc3cccc(F)c3)c2)N2CCNCC2)cc1. The van der Waals surface area contributed by atoms with Gasteiger partial charge in [0.15, 0.2) is 0 Å². The van der Waals surface area contributed by atoms with E-state index < -0.39 is 0 Å². The third-order valence-electron chi connectivity index (χ3n) is 6.78. The summed E-state index contributed by atoms with van der Waals surface area (Å²) >= 11 is 0. The number of amides is 2. The third-order valence-corrected chi connectivity index (χ3v) is 6.78. The average molecular weight is 503 g/mol. The van der Waals surface area contributed by atoms with Gasteiger partial charge in [-0.3, -0.25) is 14.5 Å². The molecule has 3 aromatic carbocycles. The zero-order valence-corrected chi connectivity index (χ0v) is 21.5. The third kappa shape index (κ3) is 6.81. The van der Waals surface area contributed by atoms with Crippen LogP contribution in [0.5, 0.6) is 0 Å². The van der Waals surface area contributed by atoms with E-state index in [-0.39, 0.29) is 30.1 Å². The van der Waals surface area contributed by atoms with Gasteiger partial charge in [-0.2, -0.15) is 0 Å². The van der Waals surface area contributed by atoms with Crippen molar-refractivity contribution < 1.29 is 14.0 Å². The number of rotatable bonds is 9. The number of piperazine rings is 1. The molecule has 1 heterocycles. The van der Waals surface area contributed by atoms with Gasteiger partial charge in [-0.25, -0.2) is 4.39 Å². The molecule has 1 aliphatic heterocycles. The fourth-order valence-corrected chi connectivity index (χ4v) is 4.88. The largest absolute Gasteiger partial charge is 0.339 e. The monoisotopic (exact) mass is 502 g/mol. The number of nitrogens with zero attached hydrogens (tertiary/aromatic N) is 2. The second-order valence-corrected chi connectivity index (χ2v) is 9.27. The first-order valence-electron chi connectivity index (χ1n) is 13.0. The highest BCUT2D eigenvalue weighted by Gasteiger charge is 2.25. The highest BCUT2D eigenvalue weighted by molar-refractivity contribution is 5.94. The molecule has 0 bridgehead atoms. The Balaban J connectivity index is 1.57. The van der Waals surface area contributed by atoms with Crippen molar-refractivity contribution in [2.24, 2.45) is 0 Å². The van der Waals surface area contributed by atoms with E-state index in [9.17, 15) is 14.0 Å². The Morgan fingerprint density at radius 3 is 2.32 bits per heavy atom. The van der Waals surface area contributed by atoms with Crippen LogP contribution in [0.2, 0.25) is 0 Å². The second-order valence-electron chi connectivity index (χ2n) is 9.27. The molecule has 0 unspecified atom stereocenters. The molecule has 0 saturated carbocycles. The van der Waals surface area contributed by atoms with E-state index in [0.29, 0.717) is 29.9 Å². The first kappa shape index (κ1) is 26.5. The van der Waals surface area contributed by atoms with Crippen LogP contribution in [-0.2, 0) is 11.2 Å². The van der Waals surface area contributed by atoms with E-state index >= 15 is 0 Å². The summed E-state index contributed by atoms with van der Waals surface area (Å²) in [5.41, 5.74) is 4.18. The average Bonchev–Trinajstić information content (AvgIpc) is 2.91. The summed E-state index contributed by atoms with van der Waals surface area (Å²) in [5.74, 6) is -0.505. The van der Waals surface area contributed by atoms with Gasteiger partial charge < -0.3 is 15.5 Å². The molecular weight excluding hydrogens is 467 g/mol. The Morgan fingerprint density at radius 2 is 1.65 bits per heavy atom. The number of carbonyl (C=O) groups excluding carboxylic acids is 2. The number of hydrogen-bond donors (Lipinski definition) is 2. The van der Waals surface area contributed by atoms with E-state index in [0.717, 1.165) is 37.3 Å². The van der Waals surface area contributed by atoms with Crippen molar-refractivity contribution in [3.63, 3.8) is 0 Å². The Kier molecular flexibility index (Phi) is 9.04. The summed E-state index contributed by atoms with van der Waals surface area (Å²) in [6, 6.07) is 21.9. The topological polar surface area (TPSA) is 64.7 Å². The molecule has 1 atom stereocenters. The molecule has 2 N–H and O–H groups in total. The maximum atomic E-state index is 13.5. The van der Waals surface area contributed by atoms with Crippen LogP contribution in [0.3, 0.4) is 0 Å². The summed E-state index contributed by atoms with van der Waals surface area (Å²) < 4.78 is 13.5. The van der Waals surface area contributed by atoms with E-state index in [1.807, 2.05) is 61.2 Å². The van der Waals surface area contributed by atoms with Gasteiger partial charge in [0, 0.05) is 50.5 Å². The van der Waals surface area contributed by atoms with Crippen molar-refractivity contribution in [3.8, 4) is 0 Å². The lowest BCUT2D eigenvalue weighted by Crippen LogP contribution is -2.45. The number of halogens is 1. The summed E-state index contributed by atoms with van der Waals surface area (Å²) in [4.78, 5) is 29.7. The molecule has 37 heavy (non-hydrogen) atoms. The van der Waals surface area contributed by atoms with E-state index in [1.165, 1.54) is 12.1 Å². The van der Waals surface area contributed by atoms with Crippen LogP contribution in [-0.4, -0.2) is 60.9 Å². The first-order chi connectivity index (χ1) is 18.0. The second kappa shape index (κ2) is 12.6. The van der Waals surface area contributed by atoms with Gasteiger partial charge in [-0.15, -0.1) is 0 Å². The fraction of sp³-hybridized carbons (Fsp3) is 0.333. The maximum Gasteiger partial charge on any atom is 0.253 e.